The highest BCUT2D eigenvalue weighted by molar-refractivity contribution is 7.92. The minimum Gasteiger partial charge on any atom is -0.495 e. The highest BCUT2D eigenvalue weighted by Crippen LogP contribution is 2.27. The van der Waals surface area contributed by atoms with Crippen LogP contribution < -0.4 is 14.9 Å². The number of halogens is 1. The number of fused-ring (bicyclic) bond motifs is 1. The van der Waals surface area contributed by atoms with E-state index in [0.29, 0.717) is 11.0 Å². The molecule has 0 saturated carbocycles. The summed E-state index contributed by atoms with van der Waals surface area (Å²) in [5.74, 6) is -0.607. The molecular formula is C14H13BFNO5S. The van der Waals surface area contributed by atoms with Crippen LogP contribution >= 0.6 is 0 Å². The van der Waals surface area contributed by atoms with Crippen molar-refractivity contribution in [3.05, 3.63) is 47.8 Å². The molecule has 0 saturated heterocycles. The Balaban J connectivity index is 2.00. The van der Waals surface area contributed by atoms with Gasteiger partial charge in [0.2, 0.25) is 0 Å². The zero-order valence-electron chi connectivity index (χ0n) is 12.1. The van der Waals surface area contributed by atoms with E-state index in [1.807, 2.05) is 0 Å². The molecule has 0 unspecified atom stereocenters. The molecule has 2 aromatic rings. The number of ether oxygens (including phenoxy) is 1. The number of nitrogens with one attached hydrogen (secondary N) is 1. The average Bonchev–Trinajstić information content (AvgIpc) is 2.88. The van der Waals surface area contributed by atoms with E-state index in [0.717, 1.165) is 6.07 Å². The molecular weight excluding hydrogens is 324 g/mol. The highest BCUT2D eigenvalue weighted by atomic mass is 32.2. The maximum Gasteiger partial charge on any atom is 0.491 e. The summed E-state index contributed by atoms with van der Waals surface area (Å²) in [6, 6.07) is 8.38. The maximum absolute atomic E-state index is 14.1. The van der Waals surface area contributed by atoms with Gasteiger partial charge in [-0.25, -0.2) is 12.8 Å². The van der Waals surface area contributed by atoms with Crippen LogP contribution in [-0.4, -0.2) is 27.7 Å². The summed E-state index contributed by atoms with van der Waals surface area (Å²) in [4.78, 5) is -0.112. The first-order chi connectivity index (χ1) is 10.9. The lowest BCUT2D eigenvalue weighted by molar-refractivity contribution is 0.275. The molecule has 0 spiro atoms. The molecule has 3 rings (SSSR count). The summed E-state index contributed by atoms with van der Waals surface area (Å²) in [7, 11) is -3.90. The van der Waals surface area contributed by atoms with Crippen molar-refractivity contribution in [1.29, 1.82) is 0 Å². The normalized spacial score (nSPS) is 13.8. The Morgan fingerprint density at radius 2 is 2.09 bits per heavy atom. The molecule has 0 bridgehead atoms. The van der Waals surface area contributed by atoms with E-state index in [4.69, 9.17) is 9.39 Å². The summed E-state index contributed by atoms with van der Waals surface area (Å²) in [6.07, 6.45) is 0. The van der Waals surface area contributed by atoms with Crippen LogP contribution in [0.25, 0.3) is 0 Å². The quantitative estimate of drug-likeness (QED) is 0.808. The number of para-hydroxylation sites is 1. The van der Waals surface area contributed by atoms with E-state index in [2.05, 4.69) is 4.72 Å². The van der Waals surface area contributed by atoms with Crippen LogP contribution in [0.2, 0.25) is 0 Å². The highest BCUT2D eigenvalue weighted by Gasteiger charge is 2.30. The monoisotopic (exact) mass is 337 g/mol. The molecule has 0 aliphatic carbocycles. The fourth-order valence-corrected chi connectivity index (χ4v) is 3.59. The first-order valence-corrected chi connectivity index (χ1v) is 8.18. The van der Waals surface area contributed by atoms with Crippen LogP contribution in [0.1, 0.15) is 5.56 Å². The van der Waals surface area contributed by atoms with Crippen LogP contribution in [0.5, 0.6) is 5.75 Å². The number of methoxy groups -OCH3 is 1. The van der Waals surface area contributed by atoms with Gasteiger partial charge < -0.3 is 14.4 Å². The van der Waals surface area contributed by atoms with Crippen molar-refractivity contribution in [2.75, 3.05) is 11.8 Å². The van der Waals surface area contributed by atoms with Gasteiger partial charge in [0, 0.05) is 0 Å². The fraction of sp³-hybridized carbons (Fsp3) is 0.143. The van der Waals surface area contributed by atoms with Crippen molar-refractivity contribution < 1.29 is 27.2 Å². The van der Waals surface area contributed by atoms with Gasteiger partial charge in [-0.1, -0.05) is 12.1 Å². The Kier molecular flexibility index (Phi) is 4.01. The lowest BCUT2D eigenvalue weighted by Gasteiger charge is -2.13. The van der Waals surface area contributed by atoms with E-state index >= 15 is 0 Å². The molecule has 1 heterocycles. The van der Waals surface area contributed by atoms with Crippen molar-refractivity contribution in [2.24, 2.45) is 0 Å². The third kappa shape index (κ3) is 2.90. The second-order valence-corrected chi connectivity index (χ2v) is 6.60. The summed E-state index contributed by atoms with van der Waals surface area (Å²) < 4.78 is 51.2. The zero-order chi connectivity index (χ0) is 16.6. The Morgan fingerprint density at radius 3 is 2.83 bits per heavy atom. The minimum absolute atomic E-state index is 0.0763. The van der Waals surface area contributed by atoms with Crippen molar-refractivity contribution in [3.8, 4) is 5.75 Å². The molecule has 0 atom stereocenters. The van der Waals surface area contributed by atoms with Gasteiger partial charge in [-0.05, 0) is 35.3 Å². The number of anilines is 1. The molecule has 2 aromatic carbocycles. The predicted molar refractivity (Wildman–Crippen MR) is 82.6 cm³/mol. The SMILES string of the molecule is COc1ccccc1S(=O)(=O)Nc1cc2c(cc1F)COB2O. The second-order valence-electron chi connectivity index (χ2n) is 4.95. The molecule has 1 aliphatic heterocycles. The Morgan fingerprint density at radius 1 is 1.35 bits per heavy atom. The number of benzene rings is 2. The smallest absolute Gasteiger partial charge is 0.491 e. The second kappa shape index (κ2) is 5.84. The molecule has 23 heavy (non-hydrogen) atoms. The maximum atomic E-state index is 14.1. The van der Waals surface area contributed by atoms with Crippen molar-refractivity contribution in [3.63, 3.8) is 0 Å². The van der Waals surface area contributed by atoms with Crippen LogP contribution in [0.15, 0.2) is 41.3 Å². The number of rotatable bonds is 4. The van der Waals surface area contributed by atoms with E-state index in [-0.39, 0.29) is 22.9 Å². The van der Waals surface area contributed by atoms with Crippen molar-refractivity contribution >= 4 is 28.3 Å². The molecule has 9 heteroatoms. The Bertz CT molecular complexity index is 858. The van der Waals surface area contributed by atoms with Gasteiger partial charge in [0.25, 0.3) is 10.0 Å². The fourth-order valence-electron chi connectivity index (χ4n) is 2.36. The minimum atomic E-state index is -4.05. The standard InChI is InChI=1S/C14H13BFNO5S/c1-21-13-4-2-3-5-14(13)23(19,20)17-12-7-10-9(6-11(12)16)8-22-15(10)18/h2-7,17-18H,8H2,1H3. The van der Waals surface area contributed by atoms with Gasteiger partial charge >= 0.3 is 7.12 Å². The first kappa shape index (κ1) is 15.8. The van der Waals surface area contributed by atoms with E-state index in [1.165, 1.54) is 31.4 Å². The lowest BCUT2D eigenvalue weighted by Crippen LogP contribution is -2.29. The van der Waals surface area contributed by atoms with Gasteiger partial charge in [-0.15, -0.1) is 0 Å². The van der Waals surface area contributed by atoms with E-state index in [9.17, 15) is 17.8 Å². The number of hydrogen-bond acceptors (Lipinski definition) is 5. The van der Waals surface area contributed by atoms with E-state index in [1.54, 1.807) is 6.07 Å². The molecule has 6 nitrogen and oxygen atoms in total. The average molecular weight is 337 g/mol. The third-order valence-electron chi connectivity index (χ3n) is 3.49. The first-order valence-electron chi connectivity index (χ1n) is 6.70. The largest absolute Gasteiger partial charge is 0.495 e. The molecule has 2 N–H and O–H groups in total. The molecule has 0 fully saturated rings. The van der Waals surface area contributed by atoms with Gasteiger partial charge in [-0.3, -0.25) is 4.72 Å². The van der Waals surface area contributed by atoms with Crippen LogP contribution in [0.4, 0.5) is 10.1 Å². The lowest BCUT2D eigenvalue weighted by atomic mass is 9.79. The number of hydrogen-bond donors (Lipinski definition) is 2. The van der Waals surface area contributed by atoms with E-state index < -0.39 is 23.0 Å². The van der Waals surface area contributed by atoms with Crippen LogP contribution in [0.3, 0.4) is 0 Å². The zero-order valence-corrected chi connectivity index (χ0v) is 12.9. The Hall–Kier alpha value is -2.10. The van der Waals surface area contributed by atoms with Gasteiger partial charge in [0.05, 0.1) is 19.4 Å². The summed E-state index contributed by atoms with van der Waals surface area (Å²) >= 11 is 0. The topological polar surface area (TPSA) is 84.9 Å². The number of sulfonamides is 1. The summed E-state index contributed by atoms with van der Waals surface area (Å²) in [6.45, 7) is 0.0763. The van der Waals surface area contributed by atoms with Crippen molar-refractivity contribution in [2.45, 2.75) is 11.5 Å². The molecule has 0 radical (unpaired) electrons. The van der Waals surface area contributed by atoms with Crippen molar-refractivity contribution in [1.82, 2.24) is 0 Å². The van der Waals surface area contributed by atoms with Gasteiger partial charge in [0.1, 0.15) is 16.5 Å². The van der Waals surface area contributed by atoms with Gasteiger partial charge in [-0.2, -0.15) is 0 Å². The Labute approximate surface area is 133 Å². The van der Waals surface area contributed by atoms with Gasteiger partial charge in [0.15, 0.2) is 0 Å². The van der Waals surface area contributed by atoms with Crippen LogP contribution in [0, 0.1) is 5.82 Å². The molecule has 120 valence electrons. The molecule has 0 aromatic heterocycles. The van der Waals surface area contributed by atoms with Crippen LogP contribution in [-0.2, 0) is 21.3 Å². The summed E-state index contributed by atoms with van der Waals surface area (Å²) in [5, 5.41) is 9.65. The molecule has 0 amide bonds. The summed E-state index contributed by atoms with van der Waals surface area (Å²) in [5.41, 5.74) is 0.554. The molecule has 1 aliphatic rings. The third-order valence-corrected chi connectivity index (χ3v) is 4.90. The predicted octanol–water partition coefficient (Wildman–Crippen LogP) is 0.853.